The number of nitrogens with zero attached hydrogens (tertiary/aromatic N) is 1. The van der Waals surface area contributed by atoms with Crippen molar-refractivity contribution in [1.29, 1.82) is 0 Å². The maximum atomic E-state index is 13.5. The number of aliphatic hydroxyl groups is 1. The third kappa shape index (κ3) is 1.48. The molecule has 1 unspecified atom stereocenters. The second-order valence-corrected chi connectivity index (χ2v) is 4.41. The maximum Gasteiger partial charge on any atom is 0.147 e. The third-order valence-electron chi connectivity index (χ3n) is 2.49. The Kier molecular flexibility index (Phi) is 2.65. The summed E-state index contributed by atoms with van der Waals surface area (Å²) in [5.41, 5.74) is 0.614. The molecule has 2 rings (SSSR count). The molecule has 1 N–H and O–H groups in total. The fourth-order valence-corrected chi connectivity index (χ4v) is 2.86. The third-order valence-corrected chi connectivity index (χ3v) is 3.68. The van der Waals surface area contributed by atoms with Crippen LogP contribution in [0.5, 0.6) is 0 Å². The molecule has 0 radical (unpaired) electrons. The molecule has 1 heterocycles. The Balaban J connectivity index is 2.43. The highest BCUT2D eigenvalue weighted by molar-refractivity contribution is 7.99. The molecule has 0 saturated heterocycles. The molecule has 1 aliphatic heterocycles. The number of aliphatic hydroxyl groups excluding tert-OH is 1. The summed E-state index contributed by atoms with van der Waals surface area (Å²) >= 11 is 1.60. The van der Waals surface area contributed by atoms with Crippen LogP contribution in [0.15, 0.2) is 23.1 Å². The Bertz CT molecular complexity index is 345. The van der Waals surface area contributed by atoms with Gasteiger partial charge in [0.25, 0.3) is 0 Å². The smallest absolute Gasteiger partial charge is 0.147 e. The molecule has 0 fully saturated rings. The average Bonchev–Trinajstić information content (AvgIpc) is 2.18. The van der Waals surface area contributed by atoms with Crippen molar-refractivity contribution in [2.45, 2.75) is 10.9 Å². The Morgan fingerprint density at radius 1 is 1.64 bits per heavy atom. The van der Waals surface area contributed by atoms with Crippen molar-refractivity contribution >= 4 is 17.4 Å². The minimum Gasteiger partial charge on any atom is -0.394 e. The molecular formula is C10H12FNOS. The highest BCUT2D eigenvalue weighted by Gasteiger charge is 2.25. The highest BCUT2D eigenvalue weighted by Crippen LogP contribution is 2.37. The van der Waals surface area contributed by atoms with Crippen molar-refractivity contribution in [2.24, 2.45) is 0 Å². The maximum absolute atomic E-state index is 13.5. The summed E-state index contributed by atoms with van der Waals surface area (Å²) in [5, 5.41) is 9.10. The molecule has 2 nitrogen and oxygen atoms in total. The van der Waals surface area contributed by atoms with E-state index in [1.54, 1.807) is 17.8 Å². The van der Waals surface area contributed by atoms with Gasteiger partial charge in [0, 0.05) is 17.7 Å². The van der Waals surface area contributed by atoms with Gasteiger partial charge in [-0.05, 0) is 12.1 Å². The van der Waals surface area contributed by atoms with Gasteiger partial charge < -0.3 is 10.0 Å². The van der Waals surface area contributed by atoms with Gasteiger partial charge in [-0.3, -0.25) is 0 Å². The summed E-state index contributed by atoms with van der Waals surface area (Å²) in [4.78, 5) is 2.78. The summed E-state index contributed by atoms with van der Waals surface area (Å²) in [6.07, 6.45) is 0. The van der Waals surface area contributed by atoms with Crippen LogP contribution in [-0.2, 0) is 0 Å². The molecule has 0 spiro atoms. The molecule has 1 aliphatic rings. The predicted molar refractivity (Wildman–Crippen MR) is 56.4 cm³/mol. The molecule has 0 amide bonds. The van der Waals surface area contributed by atoms with E-state index in [1.165, 1.54) is 6.07 Å². The second-order valence-electron chi connectivity index (χ2n) is 3.34. The van der Waals surface area contributed by atoms with Crippen LogP contribution in [0, 0.1) is 5.82 Å². The van der Waals surface area contributed by atoms with Gasteiger partial charge in [0.1, 0.15) is 5.82 Å². The van der Waals surface area contributed by atoms with Gasteiger partial charge in [0.2, 0.25) is 0 Å². The Labute approximate surface area is 86.7 Å². The SMILES string of the molecule is CN1c2c(F)cccc2SCC1CO. The summed E-state index contributed by atoms with van der Waals surface area (Å²) in [5.74, 6) is 0.597. The summed E-state index contributed by atoms with van der Waals surface area (Å²) in [6, 6.07) is 5.10. The molecule has 14 heavy (non-hydrogen) atoms. The number of anilines is 1. The van der Waals surface area contributed by atoms with E-state index in [9.17, 15) is 4.39 Å². The number of thioether (sulfide) groups is 1. The predicted octanol–water partition coefficient (Wildman–Crippen LogP) is 1.73. The summed E-state index contributed by atoms with van der Waals surface area (Å²) in [6.45, 7) is 0.0667. The molecule has 0 aliphatic carbocycles. The standard InChI is InChI=1S/C10H12FNOS/c1-12-7(5-13)6-14-9-4-2-3-8(11)10(9)12/h2-4,7,13H,5-6H2,1H3. The van der Waals surface area contributed by atoms with Gasteiger partial charge in [-0.1, -0.05) is 6.07 Å². The lowest BCUT2D eigenvalue weighted by Gasteiger charge is -2.34. The molecule has 76 valence electrons. The van der Waals surface area contributed by atoms with E-state index < -0.39 is 0 Å². The van der Waals surface area contributed by atoms with Gasteiger partial charge in [-0.2, -0.15) is 0 Å². The minimum absolute atomic E-state index is 0.0180. The van der Waals surface area contributed by atoms with Crippen LogP contribution in [0.2, 0.25) is 0 Å². The molecular weight excluding hydrogens is 201 g/mol. The van der Waals surface area contributed by atoms with Crippen LogP contribution in [-0.4, -0.2) is 30.6 Å². The van der Waals surface area contributed by atoms with Gasteiger partial charge in [0.15, 0.2) is 0 Å². The van der Waals surface area contributed by atoms with Crippen LogP contribution >= 0.6 is 11.8 Å². The quantitative estimate of drug-likeness (QED) is 0.768. The number of likely N-dealkylation sites (N-methyl/N-ethyl adjacent to an activating group) is 1. The van der Waals surface area contributed by atoms with E-state index in [-0.39, 0.29) is 18.5 Å². The van der Waals surface area contributed by atoms with Crippen molar-refractivity contribution in [3.8, 4) is 0 Å². The topological polar surface area (TPSA) is 23.5 Å². The molecule has 1 atom stereocenters. The molecule has 0 bridgehead atoms. The number of benzene rings is 1. The van der Waals surface area contributed by atoms with E-state index in [2.05, 4.69) is 0 Å². The molecule has 4 heteroatoms. The van der Waals surface area contributed by atoms with Gasteiger partial charge >= 0.3 is 0 Å². The monoisotopic (exact) mass is 213 g/mol. The van der Waals surface area contributed by atoms with Crippen molar-refractivity contribution < 1.29 is 9.50 Å². The normalized spacial score (nSPS) is 20.8. The van der Waals surface area contributed by atoms with E-state index in [0.717, 1.165) is 10.6 Å². The number of para-hydroxylation sites is 1. The van der Waals surface area contributed by atoms with Crippen LogP contribution in [0.4, 0.5) is 10.1 Å². The largest absolute Gasteiger partial charge is 0.394 e. The van der Waals surface area contributed by atoms with Crippen LogP contribution in [0.3, 0.4) is 0 Å². The van der Waals surface area contributed by atoms with Crippen LogP contribution < -0.4 is 4.90 Å². The molecule has 1 aromatic carbocycles. The first-order chi connectivity index (χ1) is 6.74. The highest BCUT2D eigenvalue weighted by atomic mass is 32.2. The molecule has 0 saturated carbocycles. The van der Waals surface area contributed by atoms with E-state index in [4.69, 9.17) is 5.11 Å². The van der Waals surface area contributed by atoms with Crippen molar-refractivity contribution in [2.75, 3.05) is 24.3 Å². The van der Waals surface area contributed by atoms with Crippen LogP contribution in [0.25, 0.3) is 0 Å². The van der Waals surface area contributed by atoms with Gasteiger partial charge in [-0.25, -0.2) is 4.39 Å². The first-order valence-electron chi connectivity index (χ1n) is 4.49. The van der Waals surface area contributed by atoms with Gasteiger partial charge in [0.05, 0.1) is 18.3 Å². The van der Waals surface area contributed by atoms with Crippen LogP contribution in [0.1, 0.15) is 0 Å². The lowest BCUT2D eigenvalue weighted by Crippen LogP contribution is -2.39. The van der Waals surface area contributed by atoms with Crippen molar-refractivity contribution in [1.82, 2.24) is 0 Å². The zero-order chi connectivity index (χ0) is 10.1. The zero-order valence-corrected chi connectivity index (χ0v) is 8.72. The van der Waals surface area contributed by atoms with Crippen molar-refractivity contribution in [3.05, 3.63) is 24.0 Å². The Morgan fingerprint density at radius 2 is 2.43 bits per heavy atom. The fourth-order valence-electron chi connectivity index (χ4n) is 1.61. The first kappa shape index (κ1) is 9.80. The summed E-state index contributed by atoms with van der Waals surface area (Å²) in [7, 11) is 1.82. The summed E-state index contributed by atoms with van der Waals surface area (Å²) < 4.78 is 13.5. The Hall–Kier alpha value is -0.740. The average molecular weight is 213 g/mol. The first-order valence-corrected chi connectivity index (χ1v) is 5.47. The lowest BCUT2D eigenvalue weighted by atomic mass is 10.2. The minimum atomic E-state index is -0.212. The molecule has 0 aromatic heterocycles. The van der Waals surface area contributed by atoms with E-state index in [1.807, 2.05) is 18.0 Å². The van der Waals surface area contributed by atoms with Crippen molar-refractivity contribution in [3.63, 3.8) is 0 Å². The van der Waals surface area contributed by atoms with E-state index in [0.29, 0.717) is 5.69 Å². The number of rotatable bonds is 1. The number of halogens is 1. The molecule has 1 aromatic rings. The number of hydrogen-bond acceptors (Lipinski definition) is 3. The number of fused-ring (bicyclic) bond motifs is 1. The number of hydrogen-bond donors (Lipinski definition) is 1. The zero-order valence-electron chi connectivity index (χ0n) is 7.90. The Morgan fingerprint density at radius 3 is 3.14 bits per heavy atom. The second kappa shape index (κ2) is 3.79. The fraction of sp³-hybridized carbons (Fsp3) is 0.400. The lowest BCUT2D eigenvalue weighted by molar-refractivity contribution is 0.270. The van der Waals surface area contributed by atoms with E-state index >= 15 is 0 Å². The van der Waals surface area contributed by atoms with Gasteiger partial charge in [-0.15, -0.1) is 11.8 Å².